The predicted octanol–water partition coefficient (Wildman–Crippen LogP) is 3.21. The van der Waals surface area contributed by atoms with Gasteiger partial charge in [-0.25, -0.2) is 0 Å². The molecule has 1 heterocycles. The van der Waals surface area contributed by atoms with Crippen LogP contribution in [0.15, 0.2) is 48.5 Å². The summed E-state index contributed by atoms with van der Waals surface area (Å²) in [6.07, 6.45) is 0.631. The van der Waals surface area contributed by atoms with E-state index in [1.54, 1.807) is 0 Å². The molecule has 5 nitrogen and oxygen atoms in total. The zero-order chi connectivity index (χ0) is 19.4. The Balaban J connectivity index is 0.00000280. The van der Waals surface area contributed by atoms with Crippen LogP contribution in [-0.2, 0) is 22.6 Å². The molecule has 150 valence electrons. The van der Waals surface area contributed by atoms with E-state index >= 15 is 0 Å². The van der Waals surface area contributed by atoms with Gasteiger partial charge in [0.05, 0.1) is 6.04 Å². The summed E-state index contributed by atoms with van der Waals surface area (Å²) in [5, 5.41) is 9.12. The third kappa shape index (κ3) is 5.33. The van der Waals surface area contributed by atoms with Gasteiger partial charge in [-0.3, -0.25) is 9.59 Å². The highest BCUT2D eigenvalue weighted by Gasteiger charge is 2.29. The average Bonchev–Trinajstić information content (AvgIpc) is 2.65. The summed E-state index contributed by atoms with van der Waals surface area (Å²) in [6, 6.07) is 14.9. The first-order valence-electron chi connectivity index (χ1n) is 9.42. The fraction of sp³-hybridized carbons (Fsp3) is 0.364. The van der Waals surface area contributed by atoms with Crippen LogP contribution in [0.4, 0.5) is 5.69 Å². The van der Waals surface area contributed by atoms with Crippen LogP contribution in [0.2, 0.25) is 0 Å². The Kier molecular flexibility index (Phi) is 7.61. The van der Waals surface area contributed by atoms with Gasteiger partial charge in [0, 0.05) is 12.2 Å². The number of aryl methyl sites for hydroxylation is 1. The molecule has 0 fully saturated rings. The first kappa shape index (κ1) is 21.9. The van der Waals surface area contributed by atoms with E-state index in [-0.39, 0.29) is 36.2 Å². The second-order valence-electron chi connectivity index (χ2n) is 7.50. The Morgan fingerprint density at radius 1 is 1.07 bits per heavy atom. The Hall–Kier alpha value is -2.37. The van der Waals surface area contributed by atoms with Gasteiger partial charge < -0.3 is 16.0 Å². The van der Waals surface area contributed by atoms with Gasteiger partial charge in [-0.15, -0.1) is 12.4 Å². The van der Waals surface area contributed by atoms with E-state index in [1.165, 1.54) is 11.1 Å². The number of halogens is 1. The molecule has 2 atom stereocenters. The van der Waals surface area contributed by atoms with Crippen molar-refractivity contribution in [1.82, 2.24) is 10.6 Å². The van der Waals surface area contributed by atoms with Crippen LogP contribution in [0.1, 0.15) is 30.5 Å². The Bertz CT molecular complexity index is 838. The number of amides is 2. The number of fused-ring (bicyclic) bond motifs is 1. The molecular weight excluding hydrogens is 374 g/mol. The van der Waals surface area contributed by atoms with Crippen LogP contribution < -0.4 is 16.0 Å². The van der Waals surface area contributed by atoms with E-state index in [4.69, 9.17) is 0 Å². The third-order valence-electron chi connectivity index (χ3n) is 4.93. The highest BCUT2D eigenvalue weighted by Crippen LogP contribution is 2.17. The molecule has 1 aliphatic rings. The Labute approximate surface area is 172 Å². The van der Waals surface area contributed by atoms with Crippen molar-refractivity contribution in [2.24, 2.45) is 5.92 Å². The first-order valence-corrected chi connectivity index (χ1v) is 9.42. The van der Waals surface area contributed by atoms with Gasteiger partial charge in [0.25, 0.3) is 0 Å². The second kappa shape index (κ2) is 9.71. The van der Waals surface area contributed by atoms with Crippen molar-refractivity contribution >= 4 is 29.9 Å². The summed E-state index contributed by atoms with van der Waals surface area (Å²) in [5.74, 6) is -0.350. The van der Waals surface area contributed by atoms with Gasteiger partial charge in [0.1, 0.15) is 6.04 Å². The van der Waals surface area contributed by atoms with Gasteiger partial charge >= 0.3 is 0 Å². The van der Waals surface area contributed by atoms with E-state index in [0.717, 1.165) is 11.3 Å². The van der Waals surface area contributed by atoms with Gasteiger partial charge in [-0.2, -0.15) is 0 Å². The molecule has 6 heteroatoms. The molecule has 0 saturated heterocycles. The summed E-state index contributed by atoms with van der Waals surface area (Å²) in [5.41, 5.74) is 4.22. The van der Waals surface area contributed by atoms with Crippen molar-refractivity contribution in [3.63, 3.8) is 0 Å². The first-order chi connectivity index (χ1) is 12.9. The van der Waals surface area contributed by atoms with Crippen LogP contribution in [0, 0.1) is 12.8 Å². The highest BCUT2D eigenvalue weighted by atomic mass is 35.5. The van der Waals surface area contributed by atoms with Gasteiger partial charge in [0.15, 0.2) is 0 Å². The lowest BCUT2D eigenvalue weighted by Gasteiger charge is -2.28. The van der Waals surface area contributed by atoms with E-state index in [2.05, 4.69) is 28.1 Å². The molecule has 0 aromatic heterocycles. The summed E-state index contributed by atoms with van der Waals surface area (Å²) in [4.78, 5) is 25.5. The maximum atomic E-state index is 12.8. The molecule has 3 N–H and O–H groups in total. The van der Waals surface area contributed by atoms with Crippen LogP contribution in [0.25, 0.3) is 0 Å². The minimum atomic E-state index is -0.586. The lowest BCUT2D eigenvalue weighted by atomic mass is 9.94. The van der Waals surface area contributed by atoms with Crippen LogP contribution in [-0.4, -0.2) is 23.9 Å². The lowest BCUT2D eigenvalue weighted by molar-refractivity contribution is -0.128. The summed E-state index contributed by atoms with van der Waals surface area (Å²) in [6.45, 7) is 6.51. The number of rotatable bonds is 5. The van der Waals surface area contributed by atoms with E-state index < -0.39 is 6.04 Å². The molecule has 0 unspecified atom stereocenters. The molecule has 28 heavy (non-hydrogen) atoms. The summed E-state index contributed by atoms with van der Waals surface area (Å²) >= 11 is 0. The lowest BCUT2D eigenvalue weighted by Crippen LogP contribution is -2.54. The third-order valence-corrected chi connectivity index (χ3v) is 4.93. The Morgan fingerprint density at radius 3 is 2.46 bits per heavy atom. The smallest absolute Gasteiger partial charge is 0.247 e. The topological polar surface area (TPSA) is 70.2 Å². The quantitative estimate of drug-likeness (QED) is 0.720. The second-order valence-corrected chi connectivity index (χ2v) is 7.50. The van der Waals surface area contributed by atoms with Gasteiger partial charge in [-0.05, 0) is 48.1 Å². The molecule has 2 amide bonds. The van der Waals surface area contributed by atoms with Crippen LogP contribution in [0.5, 0.6) is 0 Å². The predicted molar refractivity (Wildman–Crippen MR) is 115 cm³/mol. The molecule has 0 bridgehead atoms. The zero-order valence-electron chi connectivity index (χ0n) is 16.5. The number of benzene rings is 2. The molecule has 0 spiro atoms. The van der Waals surface area contributed by atoms with E-state index in [1.807, 2.05) is 57.2 Å². The van der Waals surface area contributed by atoms with Gasteiger partial charge in [0.2, 0.25) is 11.8 Å². The molecule has 0 radical (unpaired) electrons. The van der Waals surface area contributed by atoms with Crippen molar-refractivity contribution in [2.75, 3.05) is 5.32 Å². The molecule has 2 aromatic carbocycles. The summed E-state index contributed by atoms with van der Waals surface area (Å²) in [7, 11) is 0. The van der Waals surface area contributed by atoms with Crippen molar-refractivity contribution < 1.29 is 9.59 Å². The summed E-state index contributed by atoms with van der Waals surface area (Å²) < 4.78 is 0. The number of nitrogens with one attached hydrogen (secondary N) is 3. The number of hydrogen-bond donors (Lipinski definition) is 3. The minimum absolute atomic E-state index is 0. The van der Waals surface area contributed by atoms with Crippen molar-refractivity contribution in [3.8, 4) is 0 Å². The highest BCUT2D eigenvalue weighted by molar-refractivity contribution is 5.98. The van der Waals surface area contributed by atoms with Gasteiger partial charge in [-0.1, -0.05) is 50.2 Å². The maximum Gasteiger partial charge on any atom is 0.247 e. The number of carbonyl (C=O) groups excluding carboxylic acids is 2. The Morgan fingerprint density at radius 2 is 1.79 bits per heavy atom. The molecule has 3 rings (SSSR count). The fourth-order valence-corrected chi connectivity index (χ4v) is 3.37. The molecule has 0 aliphatic carbocycles. The van der Waals surface area contributed by atoms with Crippen molar-refractivity contribution in [1.29, 1.82) is 0 Å². The number of carbonyl (C=O) groups is 2. The van der Waals surface area contributed by atoms with Crippen molar-refractivity contribution in [3.05, 3.63) is 65.2 Å². The zero-order valence-corrected chi connectivity index (χ0v) is 17.3. The number of anilines is 1. The van der Waals surface area contributed by atoms with Crippen molar-refractivity contribution in [2.45, 2.75) is 45.8 Å². The minimum Gasteiger partial charge on any atom is -0.343 e. The van der Waals surface area contributed by atoms with E-state index in [9.17, 15) is 9.59 Å². The number of hydrogen-bond acceptors (Lipinski definition) is 3. The molecule has 0 saturated carbocycles. The van der Waals surface area contributed by atoms with Crippen LogP contribution in [0.3, 0.4) is 0 Å². The molecule has 1 aliphatic heterocycles. The maximum absolute atomic E-state index is 12.8. The molecule has 2 aromatic rings. The fourth-order valence-electron chi connectivity index (χ4n) is 3.37. The van der Waals surface area contributed by atoms with E-state index in [0.29, 0.717) is 13.0 Å². The molecular formula is C22H28ClN3O2. The standard InChI is InChI=1S/C22H27N3O2.ClH/c1-14(2)20(22(27)24-18-10-6-7-15(3)11-18)25-21(26)19-12-16-8-4-5-9-17(16)13-23-19;/h4-11,14,19-20,23H,12-13H2,1-3H3,(H,24,27)(H,25,26);1H/t19-,20-;/m0./s1. The average molecular weight is 402 g/mol. The SMILES string of the molecule is Cc1cccc(NC(=O)[C@@H](NC(=O)[C@@H]2Cc3ccccc3CN2)C(C)C)c1.Cl. The van der Waals surface area contributed by atoms with Crippen LogP contribution >= 0.6 is 12.4 Å². The monoisotopic (exact) mass is 401 g/mol. The largest absolute Gasteiger partial charge is 0.343 e. The normalized spacial score (nSPS) is 16.5.